The molecular weight excluding hydrogens is 236 g/mol. The standard InChI is InChI=1S/C16H20N2O/c1-11-6-12(2)8-15(7-11)19-16-13(3)9-14(4-5-17)10-18-16/h6-10H,4-5,17H2,1-3H3. The van der Waals surface area contributed by atoms with Crippen LogP contribution < -0.4 is 10.5 Å². The summed E-state index contributed by atoms with van der Waals surface area (Å²) < 4.78 is 5.86. The Morgan fingerprint density at radius 1 is 1.05 bits per heavy atom. The molecule has 3 nitrogen and oxygen atoms in total. The van der Waals surface area contributed by atoms with E-state index < -0.39 is 0 Å². The fraction of sp³-hybridized carbons (Fsp3) is 0.312. The maximum Gasteiger partial charge on any atom is 0.222 e. The molecule has 0 radical (unpaired) electrons. The van der Waals surface area contributed by atoms with Crippen LogP contribution in [0.2, 0.25) is 0 Å². The lowest BCUT2D eigenvalue weighted by molar-refractivity contribution is 0.457. The number of hydrogen-bond donors (Lipinski definition) is 1. The molecule has 0 bridgehead atoms. The number of pyridine rings is 1. The highest BCUT2D eigenvalue weighted by molar-refractivity contribution is 5.37. The number of hydrogen-bond acceptors (Lipinski definition) is 3. The predicted molar refractivity (Wildman–Crippen MR) is 77.7 cm³/mol. The van der Waals surface area contributed by atoms with E-state index in [2.05, 4.69) is 31.0 Å². The van der Waals surface area contributed by atoms with Gasteiger partial charge in [0.05, 0.1) is 0 Å². The summed E-state index contributed by atoms with van der Waals surface area (Å²) in [5, 5.41) is 0. The summed E-state index contributed by atoms with van der Waals surface area (Å²) in [7, 11) is 0. The summed E-state index contributed by atoms with van der Waals surface area (Å²) in [6, 6.07) is 8.24. The number of aromatic nitrogens is 1. The molecule has 2 aromatic rings. The molecule has 100 valence electrons. The van der Waals surface area contributed by atoms with Gasteiger partial charge in [-0.1, -0.05) is 6.07 Å². The van der Waals surface area contributed by atoms with E-state index in [1.165, 1.54) is 11.1 Å². The van der Waals surface area contributed by atoms with Crippen LogP contribution in [0.1, 0.15) is 22.3 Å². The number of aryl methyl sites for hydroxylation is 3. The van der Waals surface area contributed by atoms with Gasteiger partial charge >= 0.3 is 0 Å². The molecule has 0 unspecified atom stereocenters. The van der Waals surface area contributed by atoms with Crippen molar-refractivity contribution in [1.82, 2.24) is 4.98 Å². The molecule has 0 aliphatic carbocycles. The summed E-state index contributed by atoms with van der Waals surface area (Å²) in [5.74, 6) is 1.49. The quantitative estimate of drug-likeness (QED) is 0.913. The molecule has 0 spiro atoms. The van der Waals surface area contributed by atoms with E-state index >= 15 is 0 Å². The predicted octanol–water partition coefficient (Wildman–Crippen LogP) is 3.30. The number of nitrogens with two attached hydrogens (primary N) is 1. The lowest BCUT2D eigenvalue weighted by Crippen LogP contribution is -2.03. The maximum absolute atomic E-state index is 5.86. The third-order valence-electron chi connectivity index (χ3n) is 2.93. The highest BCUT2D eigenvalue weighted by atomic mass is 16.5. The largest absolute Gasteiger partial charge is 0.439 e. The summed E-state index contributed by atoms with van der Waals surface area (Å²) >= 11 is 0. The van der Waals surface area contributed by atoms with Gasteiger partial charge in [-0.05, 0) is 68.6 Å². The van der Waals surface area contributed by atoms with Crippen molar-refractivity contribution in [2.75, 3.05) is 6.54 Å². The first-order valence-electron chi connectivity index (χ1n) is 6.50. The zero-order valence-corrected chi connectivity index (χ0v) is 11.7. The van der Waals surface area contributed by atoms with E-state index in [1.54, 1.807) is 0 Å². The Kier molecular flexibility index (Phi) is 4.17. The van der Waals surface area contributed by atoms with Gasteiger partial charge in [0.1, 0.15) is 5.75 Å². The van der Waals surface area contributed by atoms with Crippen molar-refractivity contribution >= 4 is 0 Å². The van der Waals surface area contributed by atoms with E-state index in [0.29, 0.717) is 12.4 Å². The number of benzene rings is 1. The van der Waals surface area contributed by atoms with Gasteiger partial charge in [0.2, 0.25) is 5.88 Å². The van der Waals surface area contributed by atoms with Crippen LogP contribution in [-0.4, -0.2) is 11.5 Å². The molecule has 0 fully saturated rings. The average Bonchev–Trinajstić information content (AvgIpc) is 2.32. The van der Waals surface area contributed by atoms with Crippen molar-refractivity contribution < 1.29 is 4.74 Å². The van der Waals surface area contributed by atoms with Gasteiger partial charge in [-0.15, -0.1) is 0 Å². The first-order chi connectivity index (χ1) is 9.08. The minimum absolute atomic E-state index is 0.637. The summed E-state index contributed by atoms with van der Waals surface area (Å²) in [4.78, 5) is 4.37. The Bertz CT molecular complexity index is 559. The highest BCUT2D eigenvalue weighted by Crippen LogP contribution is 2.25. The SMILES string of the molecule is Cc1cc(C)cc(Oc2ncc(CCN)cc2C)c1. The Balaban J connectivity index is 2.23. The van der Waals surface area contributed by atoms with Crippen LogP contribution in [0.4, 0.5) is 0 Å². The lowest BCUT2D eigenvalue weighted by atomic mass is 10.1. The number of ether oxygens (including phenoxy) is 1. The number of nitrogens with zero attached hydrogens (tertiary/aromatic N) is 1. The van der Waals surface area contributed by atoms with Crippen LogP contribution in [0, 0.1) is 20.8 Å². The Morgan fingerprint density at radius 2 is 1.74 bits per heavy atom. The van der Waals surface area contributed by atoms with Crippen molar-refractivity contribution in [3.05, 3.63) is 52.7 Å². The van der Waals surface area contributed by atoms with Gasteiger partial charge in [0, 0.05) is 11.8 Å². The zero-order valence-electron chi connectivity index (χ0n) is 11.7. The van der Waals surface area contributed by atoms with E-state index in [4.69, 9.17) is 10.5 Å². The van der Waals surface area contributed by atoms with Crippen LogP contribution in [-0.2, 0) is 6.42 Å². The normalized spacial score (nSPS) is 10.5. The van der Waals surface area contributed by atoms with Gasteiger partial charge < -0.3 is 10.5 Å². The molecule has 0 saturated heterocycles. The number of rotatable bonds is 4. The van der Waals surface area contributed by atoms with Crippen LogP contribution in [0.15, 0.2) is 30.5 Å². The Labute approximate surface area is 114 Å². The molecule has 1 aromatic heterocycles. The first kappa shape index (κ1) is 13.6. The molecule has 1 heterocycles. The second-order valence-corrected chi connectivity index (χ2v) is 4.93. The van der Waals surface area contributed by atoms with Gasteiger partial charge in [-0.25, -0.2) is 4.98 Å². The molecule has 0 aliphatic rings. The van der Waals surface area contributed by atoms with Crippen molar-refractivity contribution in [3.8, 4) is 11.6 Å². The van der Waals surface area contributed by atoms with E-state index in [0.717, 1.165) is 23.3 Å². The second kappa shape index (κ2) is 5.85. The molecule has 3 heteroatoms. The van der Waals surface area contributed by atoms with Gasteiger partial charge in [0.15, 0.2) is 0 Å². The molecule has 0 saturated carbocycles. The third kappa shape index (κ3) is 3.55. The molecule has 2 N–H and O–H groups in total. The van der Waals surface area contributed by atoms with Gasteiger partial charge in [-0.2, -0.15) is 0 Å². The Hall–Kier alpha value is -1.87. The smallest absolute Gasteiger partial charge is 0.222 e. The maximum atomic E-state index is 5.86. The molecular formula is C16H20N2O. The van der Waals surface area contributed by atoms with Gasteiger partial charge in [0.25, 0.3) is 0 Å². The van der Waals surface area contributed by atoms with E-state index in [-0.39, 0.29) is 0 Å². The lowest BCUT2D eigenvalue weighted by Gasteiger charge is -2.10. The zero-order chi connectivity index (χ0) is 13.8. The van der Waals surface area contributed by atoms with Crippen molar-refractivity contribution in [2.24, 2.45) is 5.73 Å². The van der Waals surface area contributed by atoms with Crippen LogP contribution in [0.3, 0.4) is 0 Å². The minimum Gasteiger partial charge on any atom is -0.439 e. The average molecular weight is 256 g/mol. The van der Waals surface area contributed by atoms with Crippen molar-refractivity contribution in [2.45, 2.75) is 27.2 Å². The van der Waals surface area contributed by atoms with E-state index in [1.807, 2.05) is 25.3 Å². The molecule has 19 heavy (non-hydrogen) atoms. The summed E-state index contributed by atoms with van der Waals surface area (Å²) in [5.41, 5.74) is 10.1. The topological polar surface area (TPSA) is 48.1 Å². The van der Waals surface area contributed by atoms with Crippen molar-refractivity contribution in [3.63, 3.8) is 0 Å². The highest BCUT2D eigenvalue weighted by Gasteiger charge is 2.05. The summed E-state index contributed by atoms with van der Waals surface area (Å²) in [6.45, 7) is 6.76. The van der Waals surface area contributed by atoms with Crippen molar-refractivity contribution in [1.29, 1.82) is 0 Å². The molecule has 0 amide bonds. The molecule has 0 atom stereocenters. The molecule has 0 aliphatic heterocycles. The van der Waals surface area contributed by atoms with Gasteiger partial charge in [-0.3, -0.25) is 0 Å². The first-order valence-corrected chi connectivity index (χ1v) is 6.50. The van der Waals surface area contributed by atoms with E-state index in [9.17, 15) is 0 Å². The fourth-order valence-electron chi connectivity index (χ4n) is 2.13. The van der Waals surface area contributed by atoms with Crippen LogP contribution in [0.25, 0.3) is 0 Å². The Morgan fingerprint density at radius 3 is 2.32 bits per heavy atom. The molecule has 2 rings (SSSR count). The second-order valence-electron chi connectivity index (χ2n) is 4.93. The summed E-state index contributed by atoms with van der Waals surface area (Å²) in [6.07, 6.45) is 2.68. The fourth-order valence-corrected chi connectivity index (χ4v) is 2.13. The van der Waals surface area contributed by atoms with Crippen LogP contribution >= 0.6 is 0 Å². The van der Waals surface area contributed by atoms with Crippen LogP contribution in [0.5, 0.6) is 11.6 Å². The third-order valence-corrected chi connectivity index (χ3v) is 2.93. The molecule has 1 aromatic carbocycles. The monoisotopic (exact) mass is 256 g/mol. The minimum atomic E-state index is 0.637.